The highest BCUT2D eigenvalue weighted by molar-refractivity contribution is 7.98. The van der Waals surface area contributed by atoms with Gasteiger partial charge in [-0.05, 0) is 37.3 Å². The first-order valence-electron chi connectivity index (χ1n) is 11.1. The van der Waals surface area contributed by atoms with E-state index in [9.17, 15) is 14.4 Å². The SMILES string of the molecule is CSCC[C@H]1N[C@]2(C(=O)Nc3ccccc32)[C@H]2C(=O)N(C3CCCCCC3)C(=O)[C@H]12. The van der Waals surface area contributed by atoms with E-state index in [0.29, 0.717) is 0 Å². The van der Waals surface area contributed by atoms with E-state index in [-0.39, 0.29) is 29.8 Å². The van der Waals surface area contributed by atoms with Crippen LogP contribution in [-0.2, 0) is 19.9 Å². The zero-order valence-electron chi connectivity index (χ0n) is 17.4. The Labute approximate surface area is 181 Å². The predicted molar refractivity (Wildman–Crippen MR) is 117 cm³/mol. The summed E-state index contributed by atoms with van der Waals surface area (Å²) in [4.78, 5) is 42.4. The molecule has 160 valence electrons. The van der Waals surface area contributed by atoms with E-state index in [2.05, 4.69) is 10.6 Å². The van der Waals surface area contributed by atoms with E-state index in [4.69, 9.17) is 0 Å². The minimum absolute atomic E-state index is 0.0175. The Morgan fingerprint density at radius 1 is 1.07 bits per heavy atom. The van der Waals surface area contributed by atoms with E-state index < -0.39 is 17.4 Å². The van der Waals surface area contributed by atoms with Crippen molar-refractivity contribution in [3.8, 4) is 0 Å². The summed E-state index contributed by atoms with van der Waals surface area (Å²) in [6.45, 7) is 0. The van der Waals surface area contributed by atoms with Crippen LogP contribution in [-0.4, -0.2) is 46.7 Å². The molecule has 0 unspecified atom stereocenters. The predicted octanol–water partition coefficient (Wildman–Crippen LogP) is 2.88. The van der Waals surface area contributed by atoms with Crippen molar-refractivity contribution in [3.05, 3.63) is 29.8 Å². The zero-order valence-corrected chi connectivity index (χ0v) is 18.2. The molecular weight excluding hydrogens is 398 g/mol. The van der Waals surface area contributed by atoms with Gasteiger partial charge < -0.3 is 5.32 Å². The van der Waals surface area contributed by atoms with Gasteiger partial charge in [-0.2, -0.15) is 11.8 Å². The van der Waals surface area contributed by atoms with Gasteiger partial charge in [0.05, 0.1) is 11.8 Å². The van der Waals surface area contributed by atoms with Crippen LogP contribution in [0.5, 0.6) is 0 Å². The fourth-order valence-electron chi connectivity index (χ4n) is 6.15. The van der Waals surface area contributed by atoms with Gasteiger partial charge in [0.1, 0.15) is 5.54 Å². The molecule has 7 heteroatoms. The summed E-state index contributed by atoms with van der Waals surface area (Å²) in [6.07, 6.45) is 9.01. The van der Waals surface area contributed by atoms with E-state index in [1.165, 1.54) is 0 Å². The number of imide groups is 1. The number of likely N-dealkylation sites (tertiary alicyclic amines) is 1. The molecule has 3 fully saturated rings. The van der Waals surface area contributed by atoms with Crippen LogP contribution in [0.25, 0.3) is 0 Å². The second kappa shape index (κ2) is 7.68. The average Bonchev–Trinajstić information content (AvgIpc) is 3.21. The molecule has 3 heterocycles. The van der Waals surface area contributed by atoms with E-state index in [1.807, 2.05) is 30.5 Å². The van der Waals surface area contributed by atoms with Crippen molar-refractivity contribution in [2.75, 3.05) is 17.3 Å². The highest BCUT2D eigenvalue weighted by Gasteiger charge is 2.70. The van der Waals surface area contributed by atoms with Crippen molar-refractivity contribution in [2.24, 2.45) is 11.8 Å². The molecule has 0 bridgehead atoms. The summed E-state index contributed by atoms with van der Waals surface area (Å²) in [5, 5.41) is 6.48. The normalized spacial score (nSPS) is 33.7. The Balaban J connectivity index is 1.58. The highest BCUT2D eigenvalue weighted by atomic mass is 32.2. The molecule has 1 saturated carbocycles. The molecular formula is C23H29N3O3S. The lowest BCUT2D eigenvalue weighted by Gasteiger charge is -2.32. The van der Waals surface area contributed by atoms with Crippen LogP contribution in [0.4, 0.5) is 5.69 Å². The Morgan fingerprint density at radius 3 is 2.53 bits per heavy atom. The molecule has 1 aromatic rings. The molecule has 2 saturated heterocycles. The topological polar surface area (TPSA) is 78.5 Å². The third kappa shape index (κ3) is 2.78. The zero-order chi connectivity index (χ0) is 20.9. The van der Waals surface area contributed by atoms with Crippen molar-refractivity contribution in [3.63, 3.8) is 0 Å². The summed E-state index contributed by atoms with van der Waals surface area (Å²) in [7, 11) is 0. The number of carbonyl (C=O) groups is 3. The third-order valence-corrected chi connectivity index (χ3v) is 8.12. The molecule has 5 rings (SSSR count). The van der Waals surface area contributed by atoms with Gasteiger partial charge in [-0.3, -0.25) is 24.6 Å². The maximum Gasteiger partial charge on any atom is 0.250 e. The number of anilines is 1. The Morgan fingerprint density at radius 2 is 1.80 bits per heavy atom. The molecule has 4 atom stereocenters. The number of thioether (sulfide) groups is 1. The maximum absolute atomic E-state index is 13.8. The number of rotatable bonds is 4. The van der Waals surface area contributed by atoms with Gasteiger partial charge in [0, 0.05) is 23.3 Å². The van der Waals surface area contributed by atoms with Crippen LogP contribution in [0, 0.1) is 11.8 Å². The first-order valence-corrected chi connectivity index (χ1v) is 12.5. The first-order chi connectivity index (χ1) is 14.6. The monoisotopic (exact) mass is 427 g/mol. The molecule has 1 aromatic carbocycles. The number of fused-ring (bicyclic) bond motifs is 4. The number of nitrogens with one attached hydrogen (secondary N) is 2. The largest absolute Gasteiger partial charge is 0.324 e. The van der Waals surface area contributed by atoms with Gasteiger partial charge >= 0.3 is 0 Å². The molecule has 6 nitrogen and oxygen atoms in total. The van der Waals surface area contributed by atoms with Crippen molar-refractivity contribution in [2.45, 2.75) is 62.6 Å². The lowest BCUT2D eigenvalue weighted by Crippen LogP contribution is -2.54. The lowest BCUT2D eigenvalue weighted by atomic mass is 9.76. The highest BCUT2D eigenvalue weighted by Crippen LogP contribution is 2.54. The fraction of sp³-hybridized carbons (Fsp3) is 0.609. The molecule has 1 aliphatic carbocycles. The van der Waals surface area contributed by atoms with Crippen molar-refractivity contribution in [1.29, 1.82) is 0 Å². The van der Waals surface area contributed by atoms with Gasteiger partial charge in [0.25, 0.3) is 0 Å². The molecule has 1 spiro atoms. The first kappa shape index (κ1) is 20.1. The fourth-order valence-corrected chi connectivity index (χ4v) is 6.64. The standard InChI is InChI=1S/C23H29N3O3S/c1-30-13-12-17-18-19(21(28)26(20(18)27)14-8-4-2-3-5-9-14)23(25-17)15-10-6-7-11-16(15)24-22(23)29/h6-7,10-11,14,17-19,25H,2-5,8-9,12-13H2,1H3,(H,24,29)/t17-,18-,19-,23+/m1/s1. The Hall–Kier alpha value is -1.86. The summed E-state index contributed by atoms with van der Waals surface area (Å²) >= 11 is 1.72. The van der Waals surface area contributed by atoms with Crippen LogP contribution in [0.15, 0.2) is 24.3 Å². The third-order valence-electron chi connectivity index (χ3n) is 7.48. The summed E-state index contributed by atoms with van der Waals surface area (Å²) in [5.74, 6) is -0.666. The summed E-state index contributed by atoms with van der Waals surface area (Å²) < 4.78 is 0. The number of para-hydroxylation sites is 1. The molecule has 3 amide bonds. The van der Waals surface area contributed by atoms with Gasteiger partial charge in [-0.1, -0.05) is 43.9 Å². The van der Waals surface area contributed by atoms with E-state index in [1.54, 1.807) is 16.7 Å². The molecule has 3 aliphatic heterocycles. The molecule has 30 heavy (non-hydrogen) atoms. The molecule has 0 radical (unpaired) electrons. The lowest BCUT2D eigenvalue weighted by molar-refractivity contribution is -0.145. The minimum Gasteiger partial charge on any atom is -0.324 e. The number of nitrogens with zero attached hydrogens (tertiary/aromatic N) is 1. The number of benzene rings is 1. The van der Waals surface area contributed by atoms with Gasteiger partial charge in [0.2, 0.25) is 17.7 Å². The molecule has 2 N–H and O–H groups in total. The van der Waals surface area contributed by atoms with Crippen LogP contribution in [0.2, 0.25) is 0 Å². The molecule has 0 aromatic heterocycles. The Kier molecular flexibility index (Phi) is 5.14. The number of amides is 3. The van der Waals surface area contributed by atoms with Crippen LogP contribution < -0.4 is 10.6 Å². The van der Waals surface area contributed by atoms with Crippen LogP contribution in [0.3, 0.4) is 0 Å². The molecule has 4 aliphatic rings. The quantitative estimate of drug-likeness (QED) is 0.571. The summed E-state index contributed by atoms with van der Waals surface area (Å²) in [5.41, 5.74) is 0.407. The Bertz CT molecular complexity index is 882. The number of carbonyl (C=O) groups excluding carboxylic acids is 3. The number of hydrogen-bond donors (Lipinski definition) is 2. The second-order valence-electron chi connectivity index (χ2n) is 9.04. The van der Waals surface area contributed by atoms with E-state index >= 15 is 0 Å². The smallest absolute Gasteiger partial charge is 0.250 e. The van der Waals surface area contributed by atoms with Crippen LogP contribution >= 0.6 is 11.8 Å². The maximum atomic E-state index is 13.8. The van der Waals surface area contributed by atoms with Crippen LogP contribution in [0.1, 0.15) is 50.5 Å². The minimum atomic E-state index is -1.14. The van der Waals surface area contributed by atoms with Gasteiger partial charge in [0.15, 0.2) is 0 Å². The van der Waals surface area contributed by atoms with E-state index in [0.717, 1.165) is 61.9 Å². The van der Waals surface area contributed by atoms with Crippen molar-refractivity contribution < 1.29 is 14.4 Å². The number of hydrogen-bond acceptors (Lipinski definition) is 5. The van der Waals surface area contributed by atoms with Gasteiger partial charge in [-0.25, -0.2) is 0 Å². The van der Waals surface area contributed by atoms with Crippen molar-refractivity contribution in [1.82, 2.24) is 10.2 Å². The second-order valence-corrected chi connectivity index (χ2v) is 10.0. The average molecular weight is 428 g/mol. The van der Waals surface area contributed by atoms with Gasteiger partial charge in [-0.15, -0.1) is 0 Å². The summed E-state index contributed by atoms with van der Waals surface area (Å²) in [6, 6.07) is 7.38. The van der Waals surface area contributed by atoms with Crippen molar-refractivity contribution >= 4 is 35.2 Å².